The summed E-state index contributed by atoms with van der Waals surface area (Å²) in [4.78, 5) is 8.49. The van der Waals surface area contributed by atoms with Gasteiger partial charge < -0.3 is 0 Å². The van der Waals surface area contributed by atoms with Crippen LogP contribution in [0.5, 0.6) is 0 Å². The first-order chi connectivity index (χ1) is 12.5. The van der Waals surface area contributed by atoms with Crippen molar-refractivity contribution in [2.45, 2.75) is 45.4 Å². The normalized spacial score (nSPS) is 20.7. The van der Waals surface area contributed by atoms with Crippen molar-refractivity contribution >= 4 is 5.78 Å². The van der Waals surface area contributed by atoms with Crippen LogP contribution in [-0.2, 0) is 0 Å². The molecule has 1 saturated carbocycles. The molecule has 0 aliphatic heterocycles. The summed E-state index contributed by atoms with van der Waals surface area (Å²) in [6.07, 6.45) is 5.26. The number of benzene rings is 1. The minimum Gasteiger partial charge on any atom is -0.216 e. The third-order valence-electron chi connectivity index (χ3n) is 5.30. The van der Waals surface area contributed by atoms with Crippen LogP contribution in [0.2, 0.25) is 0 Å². The monoisotopic (exact) mass is 360 g/mol. The lowest BCUT2D eigenvalue weighted by atomic mass is 9.79. The van der Waals surface area contributed by atoms with Crippen molar-refractivity contribution in [1.29, 1.82) is 0 Å². The van der Waals surface area contributed by atoms with Crippen LogP contribution >= 0.6 is 0 Å². The minimum absolute atomic E-state index is 0.0935. The lowest BCUT2D eigenvalue weighted by Gasteiger charge is -2.28. The van der Waals surface area contributed by atoms with E-state index >= 15 is 0 Å². The number of fused-ring (bicyclic) bond motifs is 1. The summed E-state index contributed by atoms with van der Waals surface area (Å²) in [6, 6.07) is 1.41. The topological polar surface area (TPSA) is 43.1 Å². The van der Waals surface area contributed by atoms with E-state index in [1.807, 2.05) is 0 Å². The van der Waals surface area contributed by atoms with E-state index in [1.54, 1.807) is 11.4 Å². The quantitative estimate of drug-likeness (QED) is 0.659. The molecule has 0 spiro atoms. The predicted molar refractivity (Wildman–Crippen MR) is 91.2 cm³/mol. The zero-order valence-electron chi connectivity index (χ0n) is 14.6. The summed E-state index contributed by atoms with van der Waals surface area (Å²) in [7, 11) is 0. The molecule has 2 heterocycles. The van der Waals surface area contributed by atoms with Crippen LogP contribution in [0.1, 0.15) is 49.9 Å². The summed E-state index contributed by atoms with van der Waals surface area (Å²) in [5.74, 6) is -1.68. The van der Waals surface area contributed by atoms with E-state index in [1.165, 1.54) is 6.33 Å². The van der Waals surface area contributed by atoms with E-state index in [0.717, 1.165) is 25.7 Å². The van der Waals surface area contributed by atoms with E-state index in [2.05, 4.69) is 22.0 Å². The Morgan fingerprint density at radius 3 is 2.31 bits per heavy atom. The van der Waals surface area contributed by atoms with Gasteiger partial charge in [0.15, 0.2) is 0 Å². The van der Waals surface area contributed by atoms with Gasteiger partial charge in [-0.15, -0.1) is 0 Å². The highest BCUT2D eigenvalue weighted by Gasteiger charge is 2.29. The molecule has 0 unspecified atom stereocenters. The van der Waals surface area contributed by atoms with E-state index < -0.39 is 17.5 Å². The molecule has 2 aromatic heterocycles. The second-order valence-corrected chi connectivity index (χ2v) is 7.13. The SMILES string of the molecule is Cc1nc2ncnn2c(C2CCC(C)CC2)c1-c1c(F)cc(F)cc1F. The van der Waals surface area contributed by atoms with Crippen LogP contribution in [0, 0.1) is 30.3 Å². The van der Waals surface area contributed by atoms with Gasteiger partial charge in [0.1, 0.15) is 23.8 Å². The minimum atomic E-state index is -0.941. The Morgan fingerprint density at radius 2 is 1.65 bits per heavy atom. The zero-order valence-corrected chi connectivity index (χ0v) is 14.6. The fourth-order valence-electron chi connectivity index (χ4n) is 3.98. The lowest BCUT2D eigenvalue weighted by molar-refractivity contribution is 0.341. The first-order valence-electron chi connectivity index (χ1n) is 8.81. The highest BCUT2D eigenvalue weighted by atomic mass is 19.1. The first-order valence-corrected chi connectivity index (χ1v) is 8.81. The van der Waals surface area contributed by atoms with Gasteiger partial charge in [-0.3, -0.25) is 0 Å². The number of rotatable bonds is 2. The number of hydrogen-bond donors (Lipinski definition) is 0. The van der Waals surface area contributed by atoms with Crippen molar-refractivity contribution in [2.24, 2.45) is 5.92 Å². The Labute approximate surface area is 149 Å². The third-order valence-corrected chi connectivity index (χ3v) is 5.30. The molecular formula is C19H19F3N4. The van der Waals surface area contributed by atoms with Gasteiger partial charge in [0.2, 0.25) is 0 Å². The maximum Gasteiger partial charge on any atom is 0.252 e. The molecule has 3 aromatic rings. The second kappa shape index (κ2) is 6.37. The Morgan fingerprint density at radius 1 is 1.00 bits per heavy atom. The zero-order chi connectivity index (χ0) is 18.4. The number of aromatic nitrogens is 4. The Balaban J connectivity index is 2.00. The average Bonchev–Trinajstić information content (AvgIpc) is 3.03. The van der Waals surface area contributed by atoms with Crippen LogP contribution in [0.15, 0.2) is 18.5 Å². The van der Waals surface area contributed by atoms with E-state index in [0.29, 0.717) is 40.8 Å². The fraction of sp³-hybridized carbons (Fsp3) is 0.421. The molecule has 0 saturated heterocycles. The smallest absolute Gasteiger partial charge is 0.216 e. The lowest BCUT2D eigenvalue weighted by Crippen LogP contribution is -2.17. The number of nitrogens with zero attached hydrogens (tertiary/aromatic N) is 4. The molecule has 0 atom stereocenters. The van der Waals surface area contributed by atoms with Gasteiger partial charge in [-0.25, -0.2) is 22.7 Å². The first kappa shape index (κ1) is 17.0. The van der Waals surface area contributed by atoms with Crippen molar-refractivity contribution in [2.75, 3.05) is 0 Å². The Bertz CT molecular complexity index is 951. The largest absolute Gasteiger partial charge is 0.252 e. The average molecular weight is 360 g/mol. The molecule has 1 aromatic carbocycles. The van der Waals surface area contributed by atoms with Crippen LogP contribution in [-0.4, -0.2) is 19.6 Å². The standard InChI is InChI=1S/C19H19F3N4/c1-10-3-5-12(6-4-10)18-16(11(2)25-19-23-9-24-26(18)19)17-14(21)7-13(20)8-15(17)22/h7-10,12H,3-6H2,1-2H3. The van der Waals surface area contributed by atoms with Gasteiger partial charge >= 0.3 is 0 Å². The maximum atomic E-state index is 14.6. The molecular weight excluding hydrogens is 341 g/mol. The Kier molecular flexibility index (Phi) is 4.17. The van der Waals surface area contributed by atoms with Gasteiger partial charge in [0.25, 0.3) is 5.78 Å². The third kappa shape index (κ3) is 2.75. The molecule has 136 valence electrons. The molecule has 1 aliphatic carbocycles. The summed E-state index contributed by atoms with van der Waals surface area (Å²) in [5, 5.41) is 4.24. The van der Waals surface area contributed by atoms with Crippen molar-refractivity contribution in [3.8, 4) is 11.1 Å². The number of aryl methyl sites for hydroxylation is 1. The number of halogens is 3. The predicted octanol–water partition coefficient (Wildman–Crippen LogP) is 4.81. The molecule has 4 rings (SSSR count). The molecule has 4 nitrogen and oxygen atoms in total. The molecule has 0 bridgehead atoms. The molecule has 7 heteroatoms. The van der Waals surface area contributed by atoms with Crippen molar-refractivity contribution in [3.63, 3.8) is 0 Å². The molecule has 0 amide bonds. The Hall–Kier alpha value is -2.44. The van der Waals surface area contributed by atoms with Gasteiger partial charge in [-0.2, -0.15) is 10.1 Å². The fourth-order valence-corrected chi connectivity index (χ4v) is 3.98. The van der Waals surface area contributed by atoms with Crippen molar-refractivity contribution < 1.29 is 13.2 Å². The summed E-state index contributed by atoms with van der Waals surface area (Å²) in [5.41, 5.74) is 1.28. The highest BCUT2D eigenvalue weighted by molar-refractivity contribution is 5.71. The second-order valence-electron chi connectivity index (χ2n) is 7.13. The molecule has 1 fully saturated rings. The summed E-state index contributed by atoms with van der Waals surface area (Å²) in [6.45, 7) is 3.90. The summed E-state index contributed by atoms with van der Waals surface area (Å²) < 4.78 is 44.1. The molecule has 0 radical (unpaired) electrons. The van der Waals surface area contributed by atoms with E-state index in [4.69, 9.17) is 0 Å². The molecule has 0 N–H and O–H groups in total. The van der Waals surface area contributed by atoms with Crippen LogP contribution < -0.4 is 0 Å². The van der Waals surface area contributed by atoms with Gasteiger partial charge in [0, 0.05) is 23.6 Å². The molecule has 1 aliphatic rings. The van der Waals surface area contributed by atoms with Crippen LogP contribution in [0.4, 0.5) is 13.2 Å². The molecule has 26 heavy (non-hydrogen) atoms. The maximum absolute atomic E-state index is 14.6. The number of hydrogen-bond acceptors (Lipinski definition) is 3. The van der Waals surface area contributed by atoms with Gasteiger partial charge in [-0.1, -0.05) is 19.8 Å². The van der Waals surface area contributed by atoms with Crippen LogP contribution in [0.25, 0.3) is 16.9 Å². The van der Waals surface area contributed by atoms with Crippen molar-refractivity contribution in [3.05, 3.63) is 47.3 Å². The van der Waals surface area contributed by atoms with Crippen molar-refractivity contribution in [1.82, 2.24) is 19.6 Å². The summed E-state index contributed by atoms with van der Waals surface area (Å²) >= 11 is 0. The van der Waals surface area contributed by atoms with Crippen LogP contribution in [0.3, 0.4) is 0 Å². The van der Waals surface area contributed by atoms with Gasteiger partial charge in [-0.05, 0) is 25.7 Å². The highest BCUT2D eigenvalue weighted by Crippen LogP contribution is 2.42. The van der Waals surface area contributed by atoms with E-state index in [-0.39, 0.29) is 11.5 Å². The van der Waals surface area contributed by atoms with Gasteiger partial charge in [0.05, 0.1) is 17.0 Å². The van der Waals surface area contributed by atoms with E-state index in [9.17, 15) is 13.2 Å².